The molecule has 1 nitrogen and oxygen atoms in total. The maximum Gasteiger partial charge on any atom is -0.00745 e. The lowest BCUT2D eigenvalue weighted by Gasteiger charge is -2.24. The van der Waals surface area contributed by atoms with Crippen LogP contribution >= 0.6 is 0 Å². The Balaban J connectivity index is 1.38. The van der Waals surface area contributed by atoms with Crippen LogP contribution in [0.2, 0.25) is 0 Å². The summed E-state index contributed by atoms with van der Waals surface area (Å²) in [5.41, 5.74) is 14.3. The van der Waals surface area contributed by atoms with Crippen LogP contribution < -0.4 is 5.73 Å². The average molecular weight is 356 g/mol. The third-order valence-electron chi connectivity index (χ3n) is 5.94. The number of hydrogen-bond acceptors (Lipinski definition) is 1. The van der Waals surface area contributed by atoms with E-state index in [0.717, 1.165) is 25.3 Å². The Hall–Kier alpha value is -2.38. The second-order valence-corrected chi connectivity index (χ2v) is 7.85. The van der Waals surface area contributed by atoms with Crippen molar-refractivity contribution >= 4 is 0 Å². The zero-order valence-corrected chi connectivity index (χ0v) is 16.0. The molecule has 0 bridgehead atoms. The van der Waals surface area contributed by atoms with Gasteiger partial charge in [-0.2, -0.15) is 0 Å². The topological polar surface area (TPSA) is 26.0 Å². The van der Waals surface area contributed by atoms with Gasteiger partial charge >= 0.3 is 0 Å². The minimum atomic E-state index is 0.788. The molecule has 1 aliphatic carbocycles. The van der Waals surface area contributed by atoms with Crippen LogP contribution in [0.25, 0.3) is 11.1 Å². The third-order valence-corrected chi connectivity index (χ3v) is 5.94. The highest BCUT2D eigenvalue weighted by Gasteiger charge is 2.18. The molecule has 0 aliphatic heterocycles. The van der Waals surface area contributed by atoms with E-state index >= 15 is 0 Å². The van der Waals surface area contributed by atoms with Crippen molar-refractivity contribution in [3.63, 3.8) is 0 Å². The van der Waals surface area contributed by atoms with Gasteiger partial charge in [-0.15, -0.1) is 0 Å². The van der Waals surface area contributed by atoms with Gasteiger partial charge in [-0.1, -0.05) is 72.8 Å². The van der Waals surface area contributed by atoms with Crippen LogP contribution in [-0.2, 0) is 25.7 Å². The van der Waals surface area contributed by atoms with Crippen molar-refractivity contribution in [2.45, 2.75) is 38.5 Å². The van der Waals surface area contributed by atoms with Crippen molar-refractivity contribution in [1.82, 2.24) is 0 Å². The largest absolute Gasteiger partial charge is 0.330 e. The SMILES string of the molecule is NCCC1CCc2cc(CCc3ccc(-c4ccccc4)cc3)ccc2C1. The Bertz CT molecular complexity index is 864. The highest BCUT2D eigenvalue weighted by atomic mass is 14.5. The molecule has 27 heavy (non-hydrogen) atoms. The highest BCUT2D eigenvalue weighted by Crippen LogP contribution is 2.28. The fourth-order valence-electron chi connectivity index (χ4n) is 4.30. The fraction of sp³-hybridized carbons (Fsp3) is 0.308. The Labute approximate surface area is 163 Å². The maximum absolute atomic E-state index is 5.74. The summed E-state index contributed by atoms with van der Waals surface area (Å²) >= 11 is 0. The standard InChI is InChI=1S/C26H29N/c27-17-16-22-11-15-25-18-21(10-14-26(25)19-22)7-6-20-8-12-24(13-9-20)23-4-2-1-3-5-23/h1-5,8-10,12-14,18,22H,6-7,11,15-17,19,27H2. The molecule has 1 unspecified atom stereocenters. The molecule has 0 fully saturated rings. The van der Waals surface area contributed by atoms with Gasteiger partial charge < -0.3 is 5.73 Å². The van der Waals surface area contributed by atoms with Crippen molar-refractivity contribution in [3.05, 3.63) is 95.1 Å². The molecule has 1 aliphatic rings. The summed E-state index contributed by atoms with van der Waals surface area (Å²) in [6.45, 7) is 0.821. The molecule has 0 spiro atoms. The quantitative estimate of drug-likeness (QED) is 0.612. The van der Waals surface area contributed by atoms with Crippen molar-refractivity contribution in [1.29, 1.82) is 0 Å². The van der Waals surface area contributed by atoms with Crippen LogP contribution in [0.4, 0.5) is 0 Å². The molecule has 0 aromatic heterocycles. The number of benzene rings is 3. The van der Waals surface area contributed by atoms with E-state index < -0.39 is 0 Å². The van der Waals surface area contributed by atoms with Crippen LogP contribution in [0, 0.1) is 5.92 Å². The Morgan fingerprint density at radius 1 is 0.741 bits per heavy atom. The van der Waals surface area contributed by atoms with E-state index in [4.69, 9.17) is 5.73 Å². The molecule has 0 amide bonds. The molecule has 0 saturated carbocycles. The molecule has 1 heteroatoms. The highest BCUT2D eigenvalue weighted by molar-refractivity contribution is 5.63. The molecule has 4 rings (SSSR count). The average Bonchev–Trinajstić information content (AvgIpc) is 2.73. The van der Waals surface area contributed by atoms with Crippen molar-refractivity contribution in [2.75, 3.05) is 6.54 Å². The fourth-order valence-corrected chi connectivity index (χ4v) is 4.30. The van der Waals surface area contributed by atoms with Gasteiger partial charge in [-0.25, -0.2) is 0 Å². The summed E-state index contributed by atoms with van der Waals surface area (Å²) in [7, 11) is 0. The number of nitrogens with two attached hydrogens (primary N) is 1. The first-order valence-electron chi connectivity index (χ1n) is 10.3. The lowest BCUT2D eigenvalue weighted by molar-refractivity contribution is 0.433. The van der Waals surface area contributed by atoms with E-state index in [2.05, 4.69) is 72.8 Å². The van der Waals surface area contributed by atoms with Gasteiger partial charge in [0.15, 0.2) is 0 Å². The van der Waals surface area contributed by atoms with Crippen LogP contribution in [0.5, 0.6) is 0 Å². The molecule has 0 radical (unpaired) electrons. The second-order valence-electron chi connectivity index (χ2n) is 7.85. The van der Waals surface area contributed by atoms with E-state index in [9.17, 15) is 0 Å². The molecule has 3 aromatic rings. The van der Waals surface area contributed by atoms with E-state index in [1.807, 2.05) is 0 Å². The maximum atomic E-state index is 5.74. The Morgan fingerprint density at radius 2 is 1.44 bits per heavy atom. The first-order chi connectivity index (χ1) is 13.3. The van der Waals surface area contributed by atoms with Gasteiger partial charge in [0.25, 0.3) is 0 Å². The predicted octanol–water partition coefficient (Wildman–Crippen LogP) is 5.59. The molecule has 2 N–H and O–H groups in total. The Morgan fingerprint density at radius 3 is 2.22 bits per heavy atom. The normalized spacial score (nSPS) is 16.1. The first-order valence-corrected chi connectivity index (χ1v) is 10.3. The van der Waals surface area contributed by atoms with Crippen molar-refractivity contribution < 1.29 is 0 Å². The van der Waals surface area contributed by atoms with Crippen LogP contribution in [-0.4, -0.2) is 6.54 Å². The molecule has 138 valence electrons. The third kappa shape index (κ3) is 4.48. The minimum absolute atomic E-state index is 0.788. The predicted molar refractivity (Wildman–Crippen MR) is 115 cm³/mol. The van der Waals surface area contributed by atoms with E-state index in [1.165, 1.54) is 47.9 Å². The number of fused-ring (bicyclic) bond motifs is 1. The van der Waals surface area contributed by atoms with Crippen LogP contribution in [0.15, 0.2) is 72.8 Å². The molecule has 1 atom stereocenters. The van der Waals surface area contributed by atoms with Gasteiger partial charge in [-0.05, 0) is 84.4 Å². The molecule has 0 saturated heterocycles. The summed E-state index contributed by atoms with van der Waals surface area (Å²) in [5.74, 6) is 0.788. The monoisotopic (exact) mass is 355 g/mol. The smallest absolute Gasteiger partial charge is 0.00745 e. The summed E-state index contributed by atoms with van der Waals surface area (Å²) in [5, 5.41) is 0. The molecular formula is C26H29N. The summed E-state index contributed by atoms with van der Waals surface area (Å²) in [6, 6.07) is 26.8. The summed E-state index contributed by atoms with van der Waals surface area (Å²) < 4.78 is 0. The first kappa shape index (κ1) is 18.0. The molecular weight excluding hydrogens is 326 g/mol. The minimum Gasteiger partial charge on any atom is -0.330 e. The van der Waals surface area contributed by atoms with E-state index in [0.29, 0.717) is 0 Å². The van der Waals surface area contributed by atoms with Gasteiger partial charge in [0, 0.05) is 0 Å². The van der Waals surface area contributed by atoms with Crippen LogP contribution in [0.1, 0.15) is 35.1 Å². The van der Waals surface area contributed by atoms with Crippen molar-refractivity contribution in [2.24, 2.45) is 11.7 Å². The summed E-state index contributed by atoms with van der Waals surface area (Å²) in [6.07, 6.45) is 7.12. The number of aryl methyl sites for hydroxylation is 3. The lowest BCUT2D eigenvalue weighted by Crippen LogP contribution is -2.17. The van der Waals surface area contributed by atoms with Gasteiger partial charge in [0.1, 0.15) is 0 Å². The van der Waals surface area contributed by atoms with Crippen molar-refractivity contribution in [3.8, 4) is 11.1 Å². The van der Waals surface area contributed by atoms with E-state index in [1.54, 1.807) is 11.1 Å². The van der Waals surface area contributed by atoms with Gasteiger partial charge in [0.2, 0.25) is 0 Å². The zero-order valence-electron chi connectivity index (χ0n) is 16.0. The molecule has 3 aromatic carbocycles. The Kier molecular flexibility index (Phi) is 5.69. The van der Waals surface area contributed by atoms with Gasteiger partial charge in [-0.3, -0.25) is 0 Å². The zero-order chi connectivity index (χ0) is 18.5. The number of hydrogen-bond donors (Lipinski definition) is 1. The molecule has 0 heterocycles. The second kappa shape index (κ2) is 8.54. The van der Waals surface area contributed by atoms with Gasteiger partial charge in [0.05, 0.1) is 0 Å². The summed E-state index contributed by atoms with van der Waals surface area (Å²) in [4.78, 5) is 0. The van der Waals surface area contributed by atoms with Crippen LogP contribution in [0.3, 0.4) is 0 Å². The van der Waals surface area contributed by atoms with E-state index in [-0.39, 0.29) is 0 Å². The number of rotatable bonds is 6. The lowest BCUT2D eigenvalue weighted by atomic mass is 9.81.